The molecule has 0 saturated heterocycles. The molecule has 1 atom stereocenters. The second-order valence-corrected chi connectivity index (χ2v) is 4.88. The van der Waals surface area contributed by atoms with Gasteiger partial charge in [0.15, 0.2) is 5.84 Å². The number of hydrogen-bond donors (Lipinski definition) is 3. The number of hydrogen-bond acceptors (Lipinski definition) is 6. The molecule has 0 spiro atoms. The number of nitrogens with two attached hydrogens (primary N) is 1. The molecular weight excluding hydrogens is 254 g/mol. The van der Waals surface area contributed by atoms with E-state index >= 15 is 0 Å². The molecule has 4 N–H and O–H groups in total. The highest BCUT2D eigenvalue weighted by molar-refractivity contribution is 7.08. The zero-order valence-electron chi connectivity index (χ0n) is 10.5. The molecule has 1 unspecified atom stereocenters. The van der Waals surface area contributed by atoms with Gasteiger partial charge in [0.25, 0.3) is 5.91 Å². The summed E-state index contributed by atoms with van der Waals surface area (Å²) in [5, 5.41) is 18.2. The van der Waals surface area contributed by atoms with Gasteiger partial charge in [-0.3, -0.25) is 4.79 Å². The van der Waals surface area contributed by atoms with E-state index in [1.165, 1.54) is 0 Å². The van der Waals surface area contributed by atoms with Crippen molar-refractivity contribution in [3.63, 3.8) is 0 Å². The lowest BCUT2D eigenvalue weighted by molar-refractivity contribution is 0.0942. The number of amidine groups is 1. The second kappa shape index (κ2) is 6.29. The van der Waals surface area contributed by atoms with Gasteiger partial charge in [0.05, 0.1) is 11.7 Å². The molecule has 8 heteroatoms. The Hall–Kier alpha value is -1.70. The lowest BCUT2D eigenvalue weighted by atomic mass is 10.0. The minimum atomic E-state index is -0.519. The largest absolute Gasteiger partial charge is 0.409 e. The summed E-state index contributed by atoms with van der Waals surface area (Å²) in [6.07, 6.45) is 0.634. The molecule has 1 amide bonds. The highest BCUT2D eigenvalue weighted by Crippen LogP contribution is 2.12. The van der Waals surface area contributed by atoms with Gasteiger partial charge in [-0.25, -0.2) is 0 Å². The molecule has 1 rings (SSSR count). The van der Waals surface area contributed by atoms with E-state index < -0.39 is 6.04 Å². The molecule has 0 aliphatic carbocycles. The normalized spacial score (nSPS) is 13.7. The Morgan fingerprint density at radius 1 is 1.61 bits per heavy atom. The third-order valence-corrected chi connectivity index (χ3v) is 3.25. The Kier molecular flexibility index (Phi) is 5.02. The monoisotopic (exact) mass is 271 g/mol. The highest BCUT2D eigenvalue weighted by Gasteiger charge is 2.23. The number of aryl methyl sites for hydroxylation is 1. The standard InChI is InChI=1S/C10H17N5O2S/c1-4-6-8(18-15-13-6)10(16)12-7(5(2)3)9(11)14-17/h5,7,17H,4H2,1-3H3,(H2,11,14)(H,12,16). The number of oxime groups is 1. The fourth-order valence-corrected chi connectivity index (χ4v) is 2.12. The Morgan fingerprint density at radius 2 is 2.28 bits per heavy atom. The highest BCUT2D eigenvalue weighted by atomic mass is 32.1. The first-order valence-corrected chi connectivity index (χ1v) is 6.38. The predicted molar refractivity (Wildman–Crippen MR) is 68.8 cm³/mol. The summed E-state index contributed by atoms with van der Waals surface area (Å²) in [4.78, 5) is 12.5. The van der Waals surface area contributed by atoms with E-state index in [1.54, 1.807) is 0 Å². The van der Waals surface area contributed by atoms with Gasteiger partial charge in [-0.1, -0.05) is 30.4 Å². The third-order valence-electron chi connectivity index (χ3n) is 2.48. The number of carbonyl (C=O) groups is 1. The van der Waals surface area contributed by atoms with E-state index in [4.69, 9.17) is 10.9 Å². The van der Waals surface area contributed by atoms with Crippen LogP contribution >= 0.6 is 11.5 Å². The first kappa shape index (κ1) is 14.4. The van der Waals surface area contributed by atoms with E-state index in [-0.39, 0.29) is 17.7 Å². The lowest BCUT2D eigenvalue weighted by Gasteiger charge is -2.20. The van der Waals surface area contributed by atoms with Crippen molar-refractivity contribution in [2.75, 3.05) is 0 Å². The predicted octanol–water partition coefficient (Wildman–Crippen LogP) is 0.601. The topological polar surface area (TPSA) is 113 Å². The van der Waals surface area contributed by atoms with Crippen molar-refractivity contribution in [1.82, 2.24) is 14.9 Å². The number of nitrogens with one attached hydrogen (secondary N) is 1. The van der Waals surface area contributed by atoms with E-state index in [0.29, 0.717) is 17.0 Å². The Bertz CT molecular complexity index is 443. The summed E-state index contributed by atoms with van der Waals surface area (Å²) in [5.74, 6) is -0.308. The van der Waals surface area contributed by atoms with Gasteiger partial charge in [0, 0.05) is 0 Å². The van der Waals surface area contributed by atoms with Gasteiger partial charge in [-0.05, 0) is 23.9 Å². The molecule has 100 valence electrons. The zero-order valence-corrected chi connectivity index (χ0v) is 11.4. The summed E-state index contributed by atoms with van der Waals surface area (Å²) in [7, 11) is 0. The van der Waals surface area contributed by atoms with Crippen LogP contribution in [0.3, 0.4) is 0 Å². The zero-order chi connectivity index (χ0) is 13.7. The third kappa shape index (κ3) is 3.16. The average Bonchev–Trinajstić information content (AvgIpc) is 2.82. The molecule has 0 aliphatic heterocycles. The van der Waals surface area contributed by atoms with Crippen LogP contribution < -0.4 is 11.1 Å². The van der Waals surface area contributed by atoms with Gasteiger partial charge in [0.1, 0.15) is 4.88 Å². The van der Waals surface area contributed by atoms with E-state index in [9.17, 15) is 4.79 Å². The number of aromatic nitrogens is 2. The number of nitrogens with zero attached hydrogens (tertiary/aromatic N) is 3. The first-order valence-electron chi connectivity index (χ1n) is 5.60. The number of rotatable bonds is 5. The summed E-state index contributed by atoms with van der Waals surface area (Å²) in [6, 6.07) is -0.519. The van der Waals surface area contributed by atoms with Crippen molar-refractivity contribution in [2.24, 2.45) is 16.8 Å². The van der Waals surface area contributed by atoms with Crippen molar-refractivity contribution in [3.05, 3.63) is 10.6 Å². The fourth-order valence-electron chi connectivity index (χ4n) is 1.46. The van der Waals surface area contributed by atoms with Gasteiger partial charge in [-0.15, -0.1) is 5.10 Å². The molecule has 1 aromatic rings. The minimum absolute atomic E-state index is 0.0100. The van der Waals surface area contributed by atoms with E-state index in [0.717, 1.165) is 11.5 Å². The van der Waals surface area contributed by atoms with Crippen LogP contribution in [0.5, 0.6) is 0 Å². The Morgan fingerprint density at radius 3 is 2.78 bits per heavy atom. The molecule has 18 heavy (non-hydrogen) atoms. The quantitative estimate of drug-likeness (QED) is 0.314. The number of carbonyl (C=O) groups excluding carboxylic acids is 1. The van der Waals surface area contributed by atoms with Gasteiger partial charge in [-0.2, -0.15) is 0 Å². The Balaban J connectivity index is 2.86. The minimum Gasteiger partial charge on any atom is -0.409 e. The van der Waals surface area contributed by atoms with Crippen LogP contribution in [0.25, 0.3) is 0 Å². The molecule has 0 fully saturated rings. The van der Waals surface area contributed by atoms with Gasteiger partial charge in [0.2, 0.25) is 0 Å². The van der Waals surface area contributed by atoms with Crippen LogP contribution in [-0.4, -0.2) is 32.6 Å². The van der Waals surface area contributed by atoms with Crippen molar-refractivity contribution in [2.45, 2.75) is 33.2 Å². The van der Waals surface area contributed by atoms with Gasteiger partial charge < -0.3 is 16.3 Å². The maximum atomic E-state index is 12.0. The molecule has 0 aromatic carbocycles. The second-order valence-electron chi connectivity index (χ2n) is 4.12. The van der Waals surface area contributed by atoms with Crippen molar-refractivity contribution >= 4 is 23.3 Å². The smallest absolute Gasteiger partial charge is 0.265 e. The van der Waals surface area contributed by atoms with Crippen molar-refractivity contribution in [3.8, 4) is 0 Å². The molecule has 0 radical (unpaired) electrons. The molecule has 0 saturated carbocycles. The SMILES string of the molecule is CCc1nnsc1C(=O)NC(C(N)=NO)C(C)C. The van der Waals surface area contributed by atoms with E-state index in [1.807, 2.05) is 20.8 Å². The first-order chi connectivity index (χ1) is 8.51. The molecular formula is C10H17N5O2S. The maximum Gasteiger partial charge on any atom is 0.265 e. The average molecular weight is 271 g/mol. The Labute approximate surface area is 109 Å². The molecule has 0 aliphatic rings. The fraction of sp³-hybridized carbons (Fsp3) is 0.600. The molecule has 1 heterocycles. The van der Waals surface area contributed by atoms with Gasteiger partial charge >= 0.3 is 0 Å². The van der Waals surface area contributed by atoms with Crippen LogP contribution in [0.4, 0.5) is 0 Å². The molecule has 0 bridgehead atoms. The van der Waals surface area contributed by atoms with Crippen LogP contribution in [0.15, 0.2) is 5.16 Å². The van der Waals surface area contributed by atoms with Crippen LogP contribution in [0.2, 0.25) is 0 Å². The van der Waals surface area contributed by atoms with Crippen LogP contribution in [0.1, 0.15) is 36.1 Å². The summed E-state index contributed by atoms with van der Waals surface area (Å²) in [5.41, 5.74) is 6.20. The van der Waals surface area contributed by atoms with E-state index in [2.05, 4.69) is 20.1 Å². The molecule has 7 nitrogen and oxygen atoms in total. The maximum absolute atomic E-state index is 12.0. The molecule has 1 aromatic heterocycles. The summed E-state index contributed by atoms with van der Waals surface area (Å²) < 4.78 is 3.75. The summed E-state index contributed by atoms with van der Waals surface area (Å²) in [6.45, 7) is 5.64. The number of amides is 1. The van der Waals surface area contributed by atoms with Crippen LogP contribution in [0, 0.1) is 5.92 Å². The van der Waals surface area contributed by atoms with Crippen molar-refractivity contribution in [1.29, 1.82) is 0 Å². The van der Waals surface area contributed by atoms with Crippen molar-refractivity contribution < 1.29 is 10.0 Å². The summed E-state index contributed by atoms with van der Waals surface area (Å²) >= 11 is 1.04. The lowest BCUT2D eigenvalue weighted by Crippen LogP contribution is -2.47. The van der Waals surface area contributed by atoms with Crippen LogP contribution in [-0.2, 0) is 6.42 Å².